The number of methoxy groups -OCH3 is 1. The number of likely N-dealkylation sites (tertiary alicyclic amines) is 1. The number of ether oxygens (including phenoxy) is 1. The Labute approximate surface area is 79.0 Å². The Hall–Kier alpha value is -0.730. The quantitative estimate of drug-likeness (QED) is 0.575. The standard InChI is InChI=1S/C10H17NO2/c1-13-10(12)11-7-6-8-4-2-3-5-9(8)11/h8-9H,2-7H2,1H3/t8-,9-/m1/s1. The van der Waals surface area contributed by atoms with Gasteiger partial charge in [0.25, 0.3) is 0 Å². The van der Waals surface area contributed by atoms with Gasteiger partial charge in [0.2, 0.25) is 0 Å². The summed E-state index contributed by atoms with van der Waals surface area (Å²) in [6, 6.07) is 0.487. The zero-order valence-corrected chi connectivity index (χ0v) is 8.16. The number of rotatable bonds is 0. The second kappa shape index (κ2) is 3.56. The molecule has 0 aromatic rings. The second-order valence-electron chi connectivity index (χ2n) is 4.06. The molecule has 0 spiro atoms. The summed E-state index contributed by atoms with van der Waals surface area (Å²) >= 11 is 0. The van der Waals surface area contributed by atoms with E-state index in [9.17, 15) is 4.79 Å². The summed E-state index contributed by atoms with van der Waals surface area (Å²) in [5, 5.41) is 0. The lowest BCUT2D eigenvalue weighted by Crippen LogP contribution is -2.39. The molecule has 0 aromatic carbocycles. The SMILES string of the molecule is COC(=O)N1CC[C@H]2CCCC[C@H]21. The van der Waals surface area contributed by atoms with Crippen LogP contribution in [0.25, 0.3) is 0 Å². The minimum Gasteiger partial charge on any atom is -0.453 e. The van der Waals surface area contributed by atoms with Crippen LogP contribution in [0.1, 0.15) is 32.1 Å². The molecule has 2 fully saturated rings. The Balaban J connectivity index is 2.02. The van der Waals surface area contributed by atoms with Gasteiger partial charge in [0, 0.05) is 12.6 Å². The third-order valence-electron chi connectivity index (χ3n) is 3.42. The lowest BCUT2D eigenvalue weighted by atomic mass is 9.85. The summed E-state index contributed by atoms with van der Waals surface area (Å²) in [6.07, 6.45) is 6.15. The molecule has 0 radical (unpaired) electrons. The van der Waals surface area contributed by atoms with E-state index in [1.807, 2.05) is 4.90 Å². The number of nitrogens with zero attached hydrogens (tertiary/aromatic N) is 1. The molecule has 0 bridgehead atoms. The number of carbonyl (C=O) groups is 1. The van der Waals surface area contributed by atoms with E-state index in [-0.39, 0.29) is 6.09 Å². The normalized spacial score (nSPS) is 32.8. The maximum absolute atomic E-state index is 11.4. The molecule has 2 rings (SSSR count). The Morgan fingerprint density at radius 2 is 2.08 bits per heavy atom. The van der Waals surface area contributed by atoms with Crippen molar-refractivity contribution in [1.82, 2.24) is 4.90 Å². The van der Waals surface area contributed by atoms with Crippen molar-refractivity contribution in [2.24, 2.45) is 5.92 Å². The molecule has 2 aliphatic rings. The van der Waals surface area contributed by atoms with Gasteiger partial charge in [-0.25, -0.2) is 4.79 Å². The summed E-state index contributed by atoms with van der Waals surface area (Å²) in [5.74, 6) is 0.757. The number of amides is 1. The van der Waals surface area contributed by atoms with Crippen LogP contribution in [-0.4, -0.2) is 30.7 Å². The number of carbonyl (C=O) groups excluding carboxylic acids is 1. The van der Waals surface area contributed by atoms with Crippen molar-refractivity contribution in [1.29, 1.82) is 0 Å². The Bertz CT molecular complexity index is 205. The molecule has 1 saturated heterocycles. The highest BCUT2D eigenvalue weighted by Gasteiger charge is 2.38. The number of hydrogen-bond donors (Lipinski definition) is 0. The fourth-order valence-electron chi connectivity index (χ4n) is 2.75. The average Bonchev–Trinajstić information content (AvgIpc) is 2.60. The first-order valence-electron chi connectivity index (χ1n) is 5.17. The average molecular weight is 183 g/mol. The van der Waals surface area contributed by atoms with Gasteiger partial charge in [0.15, 0.2) is 0 Å². The topological polar surface area (TPSA) is 29.5 Å². The van der Waals surface area contributed by atoms with Crippen LogP contribution in [0.5, 0.6) is 0 Å². The van der Waals surface area contributed by atoms with Crippen molar-refractivity contribution in [3.05, 3.63) is 0 Å². The molecule has 1 aliphatic heterocycles. The third kappa shape index (κ3) is 1.52. The molecule has 0 unspecified atom stereocenters. The van der Waals surface area contributed by atoms with Gasteiger partial charge in [-0.1, -0.05) is 12.8 Å². The Kier molecular flexibility index (Phi) is 2.42. The molecule has 0 aromatic heterocycles. The van der Waals surface area contributed by atoms with Gasteiger partial charge in [0.05, 0.1) is 7.11 Å². The molecule has 74 valence electrons. The highest BCUT2D eigenvalue weighted by atomic mass is 16.5. The first kappa shape index (κ1) is 8.85. The van der Waals surface area contributed by atoms with Gasteiger partial charge >= 0.3 is 6.09 Å². The van der Waals surface area contributed by atoms with Crippen LogP contribution in [0.3, 0.4) is 0 Å². The largest absolute Gasteiger partial charge is 0.453 e. The molecule has 0 N–H and O–H groups in total. The molecule has 3 heteroatoms. The second-order valence-corrected chi connectivity index (χ2v) is 4.06. The van der Waals surface area contributed by atoms with Crippen molar-refractivity contribution >= 4 is 6.09 Å². The summed E-state index contributed by atoms with van der Waals surface area (Å²) in [4.78, 5) is 13.3. The fraction of sp³-hybridized carbons (Fsp3) is 0.900. The van der Waals surface area contributed by atoms with Gasteiger partial charge in [-0.3, -0.25) is 0 Å². The van der Waals surface area contributed by atoms with Crippen LogP contribution < -0.4 is 0 Å². The van der Waals surface area contributed by atoms with Crippen LogP contribution >= 0.6 is 0 Å². The molecular formula is C10H17NO2. The van der Waals surface area contributed by atoms with Gasteiger partial charge in [-0.2, -0.15) is 0 Å². The van der Waals surface area contributed by atoms with E-state index in [0.29, 0.717) is 6.04 Å². The zero-order valence-electron chi connectivity index (χ0n) is 8.16. The van der Waals surface area contributed by atoms with Crippen molar-refractivity contribution < 1.29 is 9.53 Å². The first-order valence-corrected chi connectivity index (χ1v) is 5.17. The van der Waals surface area contributed by atoms with E-state index in [4.69, 9.17) is 4.74 Å². The maximum atomic E-state index is 11.4. The van der Waals surface area contributed by atoms with Crippen LogP contribution in [0.15, 0.2) is 0 Å². The first-order chi connectivity index (χ1) is 6.33. The van der Waals surface area contributed by atoms with E-state index in [0.717, 1.165) is 12.5 Å². The van der Waals surface area contributed by atoms with Crippen molar-refractivity contribution in [2.75, 3.05) is 13.7 Å². The monoisotopic (exact) mass is 183 g/mol. The van der Waals surface area contributed by atoms with E-state index in [2.05, 4.69) is 0 Å². The molecule has 3 nitrogen and oxygen atoms in total. The van der Waals surface area contributed by atoms with Crippen molar-refractivity contribution in [3.8, 4) is 0 Å². The highest BCUT2D eigenvalue weighted by Crippen LogP contribution is 2.36. The molecule has 1 amide bonds. The Morgan fingerprint density at radius 1 is 1.31 bits per heavy atom. The summed E-state index contributed by atoms with van der Waals surface area (Å²) < 4.78 is 4.77. The smallest absolute Gasteiger partial charge is 0.409 e. The molecule has 13 heavy (non-hydrogen) atoms. The predicted molar refractivity (Wildman–Crippen MR) is 49.5 cm³/mol. The van der Waals surface area contributed by atoms with Gasteiger partial charge in [-0.15, -0.1) is 0 Å². The van der Waals surface area contributed by atoms with E-state index >= 15 is 0 Å². The van der Waals surface area contributed by atoms with E-state index < -0.39 is 0 Å². The Morgan fingerprint density at radius 3 is 2.85 bits per heavy atom. The fourth-order valence-corrected chi connectivity index (χ4v) is 2.75. The van der Waals surface area contributed by atoms with Crippen LogP contribution in [0.2, 0.25) is 0 Å². The van der Waals surface area contributed by atoms with E-state index in [1.165, 1.54) is 39.2 Å². The van der Waals surface area contributed by atoms with Crippen molar-refractivity contribution in [3.63, 3.8) is 0 Å². The van der Waals surface area contributed by atoms with Crippen LogP contribution in [0, 0.1) is 5.92 Å². The maximum Gasteiger partial charge on any atom is 0.409 e. The van der Waals surface area contributed by atoms with Gasteiger partial charge < -0.3 is 9.64 Å². The summed E-state index contributed by atoms with van der Waals surface area (Å²) in [7, 11) is 1.47. The minimum atomic E-state index is -0.130. The molecule has 1 aliphatic carbocycles. The third-order valence-corrected chi connectivity index (χ3v) is 3.42. The predicted octanol–water partition coefficient (Wildman–Crippen LogP) is 2.02. The zero-order chi connectivity index (χ0) is 9.26. The van der Waals surface area contributed by atoms with Gasteiger partial charge in [0.1, 0.15) is 0 Å². The lowest BCUT2D eigenvalue weighted by molar-refractivity contribution is 0.106. The van der Waals surface area contributed by atoms with Crippen molar-refractivity contribution in [2.45, 2.75) is 38.1 Å². The lowest BCUT2D eigenvalue weighted by Gasteiger charge is -2.30. The van der Waals surface area contributed by atoms with Crippen LogP contribution in [-0.2, 0) is 4.74 Å². The molecule has 1 saturated carbocycles. The molecule has 2 atom stereocenters. The highest BCUT2D eigenvalue weighted by molar-refractivity contribution is 5.68. The molecular weight excluding hydrogens is 166 g/mol. The number of hydrogen-bond acceptors (Lipinski definition) is 2. The molecule has 1 heterocycles. The number of fused-ring (bicyclic) bond motifs is 1. The van der Waals surface area contributed by atoms with Gasteiger partial charge in [-0.05, 0) is 25.2 Å². The summed E-state index contributed by atoms with van der Waals surface area (Å²) in [5.41, 5.74) is 0. The van der Waals surface area contributed by atoms with E-state index in [1.54, 1.807) is 0 Å². The summed E-state index contributed by atoms with van der Waals surface area (Å²) in [6.45, 7) is 0.905. The minimum absolute atomic E-state index is 0.130. The van der Waals surface area contributed by atoms with Crippen LogP contribution in [0.4, 0.5) is 4.79 Å².